The Morgan fingerprint density at radius 1 is 1.14 bits per heavy atom. The maximum atomic E-state index is 13.7. The van der Waals surface area contributed by atoms with Crippen molar-refractivity contribution in [3.63, 3.8) is 0 Å². The van der Waals surface area contributed by atoms with Gasteiger partial charge in [0.05, 0.1) is 11.9 Å². The zero-order chi connectivity index (χ0) is 19.5. The molecule has 0 bridgehead atoms. The van der Waals surface area contributed by atoms with Gasteiger partial charge in [-0.15, -0.1) is 0 Å². The number of hydrogen-bond donors (Lipinski definition) is 1. The average Bonchev–Trinajstić information content (AvgIpc) is 3.26. The molecule has 1 saturated heterocycles. The van der Waals surface area contributed by atoms with E-state index < -0.39 is 0 Å². The normalized spacial score (nSPS) is 14.9. The Hall–Kier alpha value is -3.15. The quantitative estimate of drug-likeness (QED) is 0.741. The first-order valence-electron chi connectivity index (χ1n) is 9.51. The number of nitrogens with one attached hydrogen (secondary N) is 1. The average molecular weight is 378 g/mol. The molecule has 1 fully saturated rings. The lowest BCUT2D eigenvalue weighted by atomic mass is 9.95. The third-order valence-electron chi connectivity index (χ3n) is 5.26. The number of rotatable bonds is 4. The first-order valence-corrected chi connectivity index (χ1v) is 9.51. The summed E-state index contributed by atoms with van der Waals surface area (Å²) in [7, 11) is 0. The molecule has 28 heavy (non-hydrogen) atoms. The van der Waals surface area contributed by atoms with Crippen LogP contribution in [0.25, 0.3) is 5.69 Å². The minimum atomic E-state index is -0.304. The van der Waals surface area contributed by atoms with Crippen LogP contribution in [0.4, 0.5) is 15.9 Å². The van der Waals surface area contributed by atoms with Crippen LogP contribution in [0.5, 0.6) is 0 Å². The number of piperidine rings is 1. The molecule has 0 spiro atoms. The lowest BCUT2D eigenvalue weighted by Gasteiger charge is -2.32. The number of hydrogen-bond acceptors (Lipinski definition) is 3. The Balaban J connectivity index is 1.33. The van der Waals surface area contributed by atoms with Crippen molar-refractivity contribution < 1.29 is 9.18 Å². The lowest BCUT2D eigenvalue weighted by Crippen LogP contribution is -2.38. The number of aryl methyl sites for hydroxylation is 1. The summed E-state index contributed by atoms with van der Waals surface area (Å²) in [4.78, 5) is 19.3. The fraction of sp³-hybridized carbons (Fsp3) is 0.273. The van der Waals surface area contributed by atoms with Crippen LogP contribution in [0.1, 0.15) is 18.4 Å². The van der Waals surface area contributed by atoms with Gasteiger partial charge in [0.2, 0.25) is 5.91 Å². The van der Waals surface area contributed by atoms with Gasteiger partial charge in [0.15, 0.2) is 0 Å². The highest BCUT2D eigenvalue weighted by Crippen LogP contribution is 2.24. The predicted molar refractivity (Wildman–Crippen MR) is 108 cm³/mol. The number of nitrogens with zero attached hydrogens (tertiary/aromatic N) is 3. The Kier molecular flexibility index (Phi) is 5.10. The molecule has 5 nitrogen and oxygen atoms in total. The SMILES string of the molecule is Cc1ccc(NC(=O)C2CCN(c3ccc(-n4cccc4)cn3)CC2)cc1F. The molecule has 6 heteroatoms. The minimum absolute atomic E-state index is 0.0428. The van der Waals surface area contributed by atoms with E-state index in [0.29, 0.717) is 11.3 Å². The second-order valence-corrected chi connectivity index (χ2v) is 7.18. The predicted octanol–water partition coefficient (Wildman–Crippen LogP) is 4.17. The maximum Gasteiger partial charge on any atom is 0.227 e. The molecule has 3 aromatic rings. The third-order valence-corrected chi connectivity index (χ3v) is 5.26. The summed E-state index contributed by atoms with van der Waals surface area (Å²) >= 11 is 0. The Bertz CT molecular complexity index is 945. The van der Waals surface area contributed by atoms with Crippen LogP contribution in [0.3, 0.4) is 0 Å². The largest absolute Gasteiger partial charge is 0.357 e. The number of amides is 1. The Morgan fingerprint density at radius 2 is 1.89 bits per heavy atom. The summed E-state index contributed by atoms with van der Waals surface area (Å²) < 4.78 is 15.7. The van der Waals surface area contributed by atoms with Crippen LogP contribution in [0.15, 0.2) is 61.1 Å². The number of halogens is 1. The van der Waals surface area contributed by atoms with Gasteiger partial charge in [0.25, 0.3) is 0 Å². The molecule has 3 heterocycles. The molecular formula is C22H23FN4O. The maximum absolute atomic E-state index is 13.7. The molecule has 1 amide bonds. The van der Waals surface area contributed by atoms with Crippen LogP contribution in [0.2, 0.25) is 0 Å². The van der Waals surface area contributed by atoms with Crippen LogP contribution in [-0.2, 0) is 4.79 Å². The number of benzene rings is 1. The Morgan fingerprint density at radius 3 is 2.54 bits per heavy atom. The van der Waals surface area contributed by atoms with Crippen molar-refractivity contribution in [1.29, 1.82) is 0 Å². The van der Waals surface area contributed by atoms with Crippen molar-refractivity contribution in [2.75, 3.05) is 23.3 Å². The monoisotopic (exact) mass is 378 g/mol. The van der Waals surface area contributed by atoms with Crippen molar-refractivity contribution >= 4 is 17.4 Å². The topological polar surface area (TPSA) is 50.2 Å². The second-order valence-electron chi connectivity index (χ2n) is 7.18. The van der Waals surface area contributed by atoms with Gasteiger partial charge < -0.3 is 14.8 Å². The van der Waals surface area contributed by atoms with Gasteiger partial charge in [-0.2, -0.15) is 0 Å². The lowest BCUT2D eigenvalue weighted by molar-refractivity contribution is -0.120. The highest BCUT2D eigenvalue weighted by molar-refractivity contribution is 5.92. The molecule has 1 aliphatic rings. The molecule has 0 unspecified atom stereocenters. The second kappa shape index (κ2) is 7.84. The van der Waals surface area contributed by atoms with Gasteiger partial charge >= 0.3 is 0 Å². The first-order chi connectivity index (χ1) is 13.6. The third kappa shape index (κ3) is 3.91. The van der Waals surface area contributed by atoms with Crippen molar-refractivity contribution in [3.8, 4) is 5.69 Å². The van der Waals surface area contributed by atoms with Gasteiger partial charge in [-0.1, -0.05) is 6.07 Å². The molecule has 144 valence electrons. The summed E-state index contributed by atoms with van der Waals surface area (Å²) in [6.07, 6.45) is 7.34. The number of carbonyl (C=O) groups excluding carboxylic acids is 1. The van der Waals surface area contributed by atoms with Gasteiger partial charge in [-0.05, 0) is 61.7 Å². The first kappa shape index (κ1) is 18.2. The molecule has 1 aliphatic heterocycles. The molecule has 0 atom stereocenters. The standard InChI is InChI=1S/C22H23FN4O/c1-16-4-5-18(14-20(16)23)25-22(28)17-8-12-27(13-9-17)21-7-6-19(15-24-21)26-10-2-3-11-26/h2-7,10-11,14-15,17H,8-9,12-13H2,1H3,(H,25,28). The van der Waals surface area contributed by atoms with Crippen molar-refractivity contribution in [1.82, 2.24) is 9.55 Å². The fourth-order valence-electron chi connectivity index (χ4n) is 3.51. The van der Waals surface area contributed by atoms with E-state index in [1.165, 1.54) is 6.07 Å². The van der Waals surface area contributed by atoms with Crippen molar-refractivity contribution in [2.24, 2.45) is 5.92 Å². The minimum Gasteiger partial charge on any atom is -0.357 e. The van der Waals surface area contributed by atoms with E-state index >= 15 is 0 Å². The molecule has 4 rings (SSSR count). The molecule has 0 saturated carbocycles. The van der Waals surface area contributed by atoms with E-state index in [1.54, 1.807) is 19.1 Å². The van der Waals surface area contributed by atoms with Crippen LogP contribution in [-0.4, -0.2) is 28.5 Å². The van der Waals surface area contributed by atoms with E-state index in [2.05, 4.69) is 15.2 Å². The summed E-state index contributed by atoms with van der Waals surface area (Å²) in [6.45, 7) is 3.25. The number of anilines is 2. The summed E-state index contributed by atoms with van der Waals surface area (Å²) in [5.74, 6) is 0.510. The summed E-state index contributed by atoms with van der Waals surface area (Å²) in [5.41, 5.74) is 2.10. The molecule has 0 radical (unpaired) electrons. The van der Waals surface area contributed by atoms with E-state index in [0.717, 1.165) is 37.4 Å². The zero-order valence-corrected chi connectivity index (χ0v) is 15.8. The molecule has 2 aromatic heterocycles. The van der Waals surface area contributed by atoms with Gasteiger partial charge in [0, 0.05) is 37.1 Å². The zero-order valence-electron chi connectivity index (χ0n) is 15.8. The number of carbonyl (C=O) groups is 1. The van der Waals surface area contributed by atoms with E-state index in [9.17, 15) is 9.18 Å². The summed E-state index contributed by atoms with van der Waals surface area (Å²) in [5, 5.41) is 2.84. The molecule has 1 N–H and O–H groups in total. The highest BCUT2D eigenvalue weighted by Gasteiger charge is 2.25. The van der Waals surface area contributed by atoms with Crippen LogP contribution < -0.4 is 10.2 Å². The van der Waals surface area contributed by atoms with E-state index in [-0.39, 0.29) is 17.6 Å². The van der Waals surface area contributed by atoms with Gasteiger partial charge in [-0.3, -0.25) is 4.79 Å². The Labute approximate surface area is 163 Å². The molecular weight excluding hydrogens is 355 g/mol. The molecule has 0 aliphatic carbocycles. The van der Waals surface area contributed by atoms with Crippen LogP contribution in [0, 0.1) is 18.7 Å². The smallest absolute Gasteiger partial charge is 0.227 e. The van der Waals surface area contributed by atoms with Crippen LogP contribution >= 0.6 is 0 Å². The van der Waals surface area contributed by atoms with E-state index in [4.69, 9.17) is 0 Å². The van der Waals surface area contributed by atoms with Crippen molar-refractivity contribution in [2.45, 2.75) is 19.8 Å². The number of pyridine rings is 1. The summed E-state index contributed by atoms with van der Waals surface area (Å²) in [6, 6.07) is 12.8. The van der Waals surface area contributed by atoms with Gasteiger partial charge in [-0.25, -0.2) is 9.37 Å². The van der Waals surface area contributed by atoms with Gasteiger partial charge in [0.1, 0.15) is 11.6 Å². The van der Waals surface area contributed by atoms with Crippen molar-refractivity contribution in [3.05, 3.63) is 72.4 Å². The fourth-order valence-corrected chi connectivity index (χ4v) is 3.51. The molecule has 1 aromatic carbocycles. The number of aromatic nitrogens is 2. The highest BCUT2D eigenvalue weighted by atomic mass is 19.1. The van der Waals surface area contributed by atoms with E-state index in [1.807, 2.05) is 47.4 Å².